The second-order valence-electron chi connectivity index (χ2n) is 4.21. The molecule has 0 aromatic heterocycles. The molecule has 1 N–H and O–H groups in total. The van der Waals surface area contributed by atoms with Crippen molar-refractivity contribution in [2.75, 3.05) is 0 Å². The summed E-state index contributed by atoms with van der Waals surface area (Å²) in [4.78, 5) is 0. The van der Waals surface area contributed by atoms with Gasteiger partial charge in [-0.2, -0.15) is 5.41 Å². The number of fused-ring (bicyclic) bond motifs is 3. The molecule has 0 saturated carbocycles. The number of allylic oxidation sites excluding steroid dienone is 1. The lowest BCUT2D eigenvalue weighted by Gasteiger charge is -2.05. The lowest BCUT2D eigenvalue weighted by atomic mass is 9.97. The Kier molecular flexibility index (Phi) is 2.60. The quantitative estimate of drug-likeness (QED) is 0.380. The zero-order chi connectivity index (χ0) is 12.4. The maximum absolute atomic E-state index is 6.99. The van der Waals surface area contributed by atoms with E-state index in [4.69, 9.17) is 5.41 Å². The topological polar surface area (TPSA) is 23.9 Å². The van der Waals surface area contributed by atoms with Gasteiger partial charge in [0.05, 0.1) is 11.6 Å². The van der Waals surface area contributed by atoms with Gasteiger partial charge in [-0.25, -0.2) is 0 Å². The summed E-state index contributed by atoms with van der Waals surface area (Å²) >= 11 is 0. The van der Waals surface area contributed by atoms with Gasteiger partial charge in [0.25, 0.3) is 0 Å². The summed E-state index contributed by atoms with van der Waals surface area (Å²) in [5.41, 5.74) is 1.13. The van der Waals surface area contributed by atoms with Crippen LogP contribution in [0.1, 0.15) is 5.56 Å². The van der Waals surface area contributed by atoms with Crippen LogP contribution >= 0.6 is 0 Å². The average molecular weight is 230 g/mol. The molecule has 3 rings (SSSR count). The fraction of sp³-hybridized carbons (Fsp3) is 0. The number of rotatable bonds is 2. The van der Waals surface area contributed by atoms with Crippen molar-refractivity contribution in [3.63, 3.8) is 0 Å². The summed E-state index contributed by atoms with van der Waals surface area (Å²) in [6.45, 7) is 0. The first kappa shape index (κ1) is 10.6. The van der Waals surface area contributed by atoms with Gasteiger partial charge in [0.15, 0.2) is 6.08 Å². The normalized spacial score (nSPS) is 11.1. The van der Waals surface area contributed by atoms with Crippen LogP contribution in [0.15, 0.2) is 60.7 Å². The maximum atomic E-state index is 6.99. The molecule has 0 saturated heterocycles. The van der Waals surface area contributed by atoms with Crippen LogP contribution in [0.2, 0.25) is 0 Å². The summed E-state index contributed by atoms with van der Waals surface area (Å²) < 4.78 is 0. The molecule has 0 unspecified atom stereocenters. The summed E-state index contributed by atoms with van der Waals surface area (Å²) in [5.74, 6) is 0. The van der Waals surface area contributed by atoms with Crippen LogP contribution in [-0.2, 0) is 0 Å². The van der Waals surface area contributed by atoms with Crippen molar-refractivity contribution in [3.8, 4) is 0 Å². The van der Waals surface area contributed by atoms with E-state index >= 15 is 0 Å². The minimum Gasteiger partial charge on any atom is -0.152 e. The van der Waals surface area contributed by atoms with Crippen molar-refractivity contribution in [3.05, 3.63) is 66.2 Å². The second-order valence-corrected chi connectivity index (χ2v) is 4.21. The Hall–Kier alpha value is -2.50. The highest BCUT2D eigenvalue weighted by Gasteiger charge is 2.06. The molecule has 0 radical (unpaired) electrons. The molecule has 0 aliphatic heterocycles. The maximum Gasteiger partial charge on any atom is 0.210 e. The predicted molar refractivity (Wildman–Crippen MR) is 78.2 cm³/mol. The molecular formula is C17H12N+. The van der Waals surface area contributed by atoms with E-state index in [1.807, 2.05) is 18.2 Å². The molecule has 0 aliphatic carbocycles. The lowest BCUT2D eigenvalue weighted by molar-refractivity contribution is 1.58. The van der Waals surface area contributed by atoms with E-state index in [1.54, 1.807) is 6.08 Å². The van der Waals surface area contributed by atoms with Crippen molar-refractivity contribution in [2.24, 2.45) is 0 Å². The molecule has 84 valence electrons. The van der Waals surface area contributed by atoms with Crippen LogP contribution in [-0.4, -0.2) is 6.21 Å². The third kappa shape index (κ3) is 1.67. The van der Waals surface area contributed by atoms with Gasteiger partial charge >= 0.3 is 0 Å². The highest BCUT2D eigenvalue weighted by Crippen LogP contribution is 2.29. The molecule has 0 spiro atoms. The molecule has 0 amide bonds. The molecule has 0 heterocycles. The van der Waals surface area contributed by atoms with Crippen LogP contribution in [0.4, 0.5) is 0 Å². The van der Waals surface area contributed by atoms with Crippen molar-refractivity contribution >= 4 is 33.8 Å². The summed E-state index contributed by atoms with van der Waals surface area (Å²) in [5, 5.41) is 11.9. The molecule has 1 heteroatoms. The van der Waals surface area contributed by atoms with Gasteiger partial charge in [-0.15, -0.1) is 0 Å². The summed E-state index contributed by atoms with van der Waals surface area (Å²) in [6.07, 6.45) is 5.87. The molecular weight excluding hydrogens is 218 g/mol. The Morgan fingerprint density at radius 1 is 0.833 bits per heavy atom. The Labute approximate surface area is 106 Å². The minimum atomic E-state index is 1.13. The van der Waals surface area contributed by atoms with Gasteiger partial charge in [-0.05, 0) is 22.2 Å². The van der Waals surface area contributed by atoms with Crippen molar-refractivity contribution < 1.29 is 0 Å². The predicted octanol–water partition coefficient (Wildman–Crippen LogP) is 4.53. The van der Waals surface area contributed by atoms with Crippen LogP contribution in [0.25, 0.3) is 27.6 Å². The van der Waals surface area contributed by atoms with Crippen molar-refractivity contribution in [2.45, 2.75) is 0 Å². The number of benzene rings is 3. The van der Waals surface area contributed by atoms with E-state index in [0.29, 0.717) is 0 Å². The fourth-order valence-electron chi connectivity index (χ4n) is 2.35. The van der Waals surface area contributed by atoms with Crippen LogP contribution < -0.4 is 0 Å². The van der Waals surface area contributed by atoms with Gasteiger partial charge in [-0.3, -0.25) is 0 Å². The number of hydrogen-bond donors (Lipinski definition) is 1. The number of hydrogen-bond acceptors (Lipinski definition) is 1. The lowest BCUT2D eigenvalue weighted by Crippen LogP contribution is -1.82. The first-order valence-corrected chi connectivity index (χ1v) is 5.89. The van der Waals surface area contributed by atoms with E-state index < -0.39 is 0 Å². The average Bonchev–Trinajstić information content (AvgIpc) is 2.45. The zero-order valence-corrected chi connectivity index (χ0v) is 9.85. The fourth-order valence-corrected chi connectivity index (χ4v) is 2.35. The molecule has 3 aromatic rings. The van der Waals surface area contributed by atoms with Crippen LogP contribution in [0.5, 0.6) is 0 Å². The van der Waals surface area contributed by atoms with Gasteiger partial charge < -0.3 is 0 Å². The van der Waals surface area contributed by atoms with E-state index in [9.17, 15) is 0 Å². The van der Waals surface area contributed by atoms with Gasteiger partial charge in [0.1, 0.15) is 0 Å². The molecule has 3 aromatic carbocycles. The van der Waals surface area contributed by atoms with E-state index in [2.05, 4.69) is 48.7 Å². The SMILES string of the molecule is N=[C+]/C=C\c1cc2ccccc2c2ccccc12. The Morgan fingerprint density at radius 3 is 2.28 bits per heavy atom. The first-order valence-electron chi connectivity index (χ1n) is 5.89. The molecule has 0 atom stereocenters. The van der Waals surface area contributed by atoms with E-state index in [1.165, 1.54) is 21.5 Å². The second kappa shape index (κ2) is 4.40. The Bertz CT molecular complexity index is 754. The molecule has 1 nitrogen and oxygen atoms in total. The van der Waals surface area contributed by atoms with Crippen LogP contribution in [0.3, 0.4) is 0 Å². The highest BCUT2D eigenvalue weighted by atomic mass is 14.3. The summed E-state index contributed by atoms with van der Waals surface area (Å²) in [7, 11) is 0. The molecule has 0 bridgehead atoms. The Morgan fingerprint density at radius 2 is 1.50 bits per heavy atom. The highest BCUT2D eigenvalue weighted by molar-refractivity contribution is 6.11. The smallest absolute Gasteiger partial charge is 0.152 e. The van der Waals surface area contributed by atoms with Gasteiger partial charge in [-0.1, -0.05) is 48.5 Å². The molecule has 18 heavy (non-hydrogen) atoms. The van der Waals surface area contributed by atoms with Gasteiger partial charge in [0.2, 0.25) is 6.21 Å². The zero-order valence-electron chi connectivity index (χ0n) is 9.85. The third-order valence-electron chi connectivity index (χ3n) is 3.15. The largest absolute Gasteiger partial charge is 0.210 e. The van der Waals surface area contributed by atoms with Crippen molar-refractivity contribution in [1.82, 2.24) is 0 Å². The van der Waals surface area contributed by atoms with E-state index in [0.717, 1.165) is 5.56 Å². The van der Waals surface area contributed by atoms with Crippen molar-refractivity contribution in [1.29, 1.82) is 5.41 Å². The Balaban J connectivity index is 2.46. The summed E-state index contributed by atoms with van der Waals surface area (Å²) in [6, 6.07) is 18.9. The molecule has 0 fully saturated rings. The monoisotopic (exact) mass is 230 g/mol. The third-order valence-corrected chi connectivity index (χ3v) is 3.15. The standard InChI is InChI=1S/C17H12N/c18-11-5-7-14-12-13-6-1-2-8-15(13)17-10-4-3-9-16(14)17/h1-10,12,18H/q+1/b7-5-. The van der Waals surface area contributed by atoms with Crippen LogP contribution in [0, 0.1) is 5.41 Å². The first-order chi connectivity index (χ1) is 8.90. The van der Waals surface area contributed by atoms with E-state index in [-0.39, 0.29) is 0 Å². The minimum absolute atomic E-state index is 1.13. The number of nitrogens with one attached hydrogen (secondary N) is 1. The van der Waals surface area contributed by atoms with Gasteiger partial charge in [0, 0.05) is 5.39 Å². The molecule has 0 aliphatic rings.